The van der Waals surface area contributed by atoms with E-state index in [1.165, 1.54) is 0 Å². The number of halogens is 1. The highest BCUT2D eigenvalue weighted by atomic mass is 35.5. The molecule has 0 fully saturated rings. The van der Waals surface area contributed by atoms with E-state index in [4.69, 9.17) is 21.1 Å². The largest absolute Gasteiger partial charge is 0.454 e. The second-order valence-corrected chi connectivity index (χ2v) is 7.80. The number of hydrogen-bond acceptors (Lipinski definition) is 4. The summed E-state index contributed by atoms with van der Waals surface area (Å²) in [6, 6.07) is 13.2. The highest BCUT2D eigenvalue weighted by molar-refractivity contribution is 7.84. The van der Waals surface area contributed by atoms with E-state index in [1.807, 2.05) is 37.3 Å². The van der Waals surface area contributed by atoms with Crippen LogP contribution in [0.1, 0.15) is 18.1 Å². The van der Waals surface area contributed by atoms with E-state index in [1.54, 1.807) is 17.0 Å². The van der Waals surface area contributed by atoms with Crippen LogP contribution in [0.15, 0.2) is 42.5 Å². The van der Waals surface area contributed by atoms with Crippen molar-refractivity contribution in [1.82, 2.24) is 4.90 Å². The maximum Gasteiger partial charge on any atom is 0.235 e. The van der Waals surface area contributed by atoms with Gasteiger partial charge in [0.2, 0.25) is 12.7 Å². The Morgan fingerprint density at radius 1 is 1.19 bits per heavy atom. The van der Waals surface area contributed by atoms with E-state index in [-0.39, 0.29) is 24.2 Å². The van der Waals surface area contributed by atoms with Gasteiger partial charge in [0, 0.05) is 29.6 Å². The Morgan fingerprint density at radius 2 is 1.96 bits per heavy atom. The van der Waals surface area contributed by atoms with Gasteiger partial charge in [-0.15, -0.1) is 0 Å². The van der Waals surface area contributed by atoms with Crippen molar-refractivity contribution < 1.29 is 18.5 Å². The average Bonchev–Trinajstić information content (AvgIpc) is 3.09. The summed E-state index contributed by atoms with van der Waals surface area (Å²) in [6.45, 7) is 3.14. The number of benzene rings is 2. The minimum atomic E-state index is -1.33. The summed E-state index contributed by atoms with van der Waals surface area (Å²) < 4.78 is 23.0. The summed E-state index contributed by atoms with van der Waals surface area (Å²) in [5.74, 6) is 1.16. The molecule has 1 aliphatic heterocycles. The molecule has 0 aromatic heterocycles. The third-order valence-corrected chi connectivity index (χ3v) is 5.55. The maximum absolute atomic E-state index is 12.5. The van der Waals surface area contributed by atoms with E-state index >= 15 is 0 Å². The fraction of sp³-hybridized carbons (Fsp3) is 0.316. The summed E-state index contributed by atoms with van der Waals surface area (Å²) >= 11 is 6.15. The minimum absolute atomic E-state index is 0.0211. The molecule has 1 heterocycles. The van der Waals surface area contributed by atoms with Crippen LogP contribution in [0.2, 0.25) is 5.02 Å². The molecule has 1 aliphatic rings. The number of ether oxygens (including phenoxy) is 2. The molecule has 2 aromatic carbocycles. The Morgan fingerprint density at radius 3 is 2.69 bits per heavy atom. The van der Waals surface area contributed by atoms with Gasteiger partial charge in [-0.2, -0.15) is 0 Å². The zero-order valence-electron chi connectivity index (χ0n) is 14.4. The van der Waals surface area contributed by atoms with Crippen molar-refractivity contribution in [1.29, 1.82) is 0 Å². The van der Waals surface area contributed by atoms with Crippen molar-refractivity contribution in [3.63, 3.8) is 0 Å². The topological polar surface area (TPSA) is 55.8 Å². The van der Waals surface area contributed by atoms with Crippen molar-refractivity contribution in [3.05, 3.63) is 58.6 Å². The molecule has 0 aliphatic carbocycles. The van der Waals surface area contributed by atoms with E-state index in [2.05, 4.69) is 0 Å². The van der Waals surface area contributed by atoms with E-state index in [0.29, 0.717) is 29.6 Å². The number of hydrogen-bond donors (Lipinski definition) is 0. The summed E-state index contributed by atoms with van der Waals surface area (Å²) in [7, 11) is -1.33. The van der Waals surface area contributed by atoms with Gasteiger partial charge >= 0.3 is 0 Å². The molecule has 1 amide bonds. The SMILES string of the molecule is CCN(Cc1ccccc1)C(=O)C[S@](=O)Cc1cc(Cl)c2c(c1)OCO2. The number of fused-ring (bicyclic) bond motifs is 1. The fourth-order valence-electron chi connectivity index (χ4n) is 2.75. The van der Waals surface area contributed by atoms with Gasteiger partial charge < -0.3 is 14.4 Å². The zero-order valence-corrected chi connectivity index (χ0v) is 16.0. The molecule has 0 unspecified atom stereocenters. The molecule has 0 spiro atoms. The van der Waals surface area contributed by atoms with Crippen LogP contribution in [0.5, 0.6) is 11.5 Å². The molecule has 138 valence electrons. The molecule has 0 saturated heterocycles. The second-order valence-electron chi connectivity index (χ2n) is 5.93. The molecule has 5 nitrogen and oxygen atoms in total. The first-order valence-corrected chi connectivity index (χ1v) is 10.2. The van der Waals surface area contributed by atoms with Crippen LogP contribution in [0.3, 0.4) is 0 Å². The van der Waals surface area contributed by atoms with Crippen LogP contribution in [-0.2, 0) is 27.9 Å². The standard InChI is InChI=1S/C19H20ClNO4S/c1-2-21(10-14-6-4-3-5-7-14)18(22)12-26(23)11-15-8-16(20)19-17(9-15)24-13-25-19/h3-9H,2,10-13H2,1H3/t26-/m1/s1. The van der Waals surface area contributed by atoms with Gasteiger partial charge in [-0.1, -0.05) is 41.9 Å². The third-order valence-electron chi connectivity index (χ3n) is 4.05. The summed E-state index contributed by atoms with van der Waals surface area (Å²) in [5, 5.41) is 0.428. The normalized spacial score (nSPS) is 13.5. The van der Waals surface area contributed by atoms with Crippen molar-refractivity contribution in [2.45, 2.75) is 19.2 Å². The van der Waals surface area contributed by atoms with Crippen LogP contribution in [0, 0.1) is 0 Å². The zero-order chi connectivity index (χ0) is 18.5. The fourth-order valence-corrected chi connectivity index (χ4v) is 4.14. The molecule has 3 rings (SSSR count). The average molecular weight is 394 g/mol. The van der Waals surface area contributed by atoms with Gasteiger partial charge in [0.1, 0.15) is 5.75 Å². The Labute approximate surface area is 160 Å². The molecule has 7 heteroatoms. The van der Waals surface area contributed by atoms with Gasteiger partial charge in [-0.25, -0.2) is 0 Å². The maximum atomic E-state index is 12.5. The predicted octanol–water partition coefficient (Wildman–Crippen LogP) is 3.37. The minimum Gasteiger partial charge on any atom is -0.454 e. The summed E-state index contributed by atoms with van der Waals surface area (Å²) in [6.07, 6.45) is 0. The summed E-state index contributed by atoms with van der Waals surface area (Å²) in [5.41, 5.74) is 1.81. The first-order valence-electron chi connectivity index (χ1n) is 8.31. The van der Waals surface area contributed by atoms with E-state index in [0.717, 1.165) is 11.1 Å². The highest BCUT2D eigenvalue weighted by Crippen LogP contribution is 2.40. The molecule has 0 bridgehead atoms. The molecular weight excluding hydrogens is 374 g/mol. The Hall–Kier alpha value is -2.05. The monoisotopic (exact) mass is 393 g/mol. The Balaban J connectivity index is 1.60. The lowest BCUT2D eigenvalue weighted by Gasteiger charge is -2.21. The lowest BCUT2D eigenvalue weighted by atomic mass is 10.2. The van der Waals surface area contributed by atoms with Crippen LogP contribution in [0.25, 0.3) is 0 Å². The molecule has 2 aromatic rings. The molecule has 0 saturated carbocycles. The molecule has 0 radical (unpaired) electrons. The van der Waals surface area contributed by atoms with Gasteiger partial charge in [-0.05, 0) is 30.2 Å². The Bertz CT molecular complexity index is 813. The molecular formula is C19H20ClNO4S. The van der Waals surface area contributed by atoms with Crippen LogP contribution in [-0.4, -0.2) is 34.1 Å². The Kier molecular flexibility index (Phi) is 6.16. The smallest absolute Gasteiger partial charge is 0.235 e. The first kappa shape index (κ1) is 18.7. The van der Waals surface area contributed by atoms with Gasteiger partial charge in [0.05, 0.1) is 5.02 Å². The van der Waals surface area contributed by atoms with Crippen molar-refractivity contribution >= 4 is 28.3 Å². The number of carbonyl (C=O) groups is 1. The summed E-state index contributed by atoms with van der Waals surface area (Å²) in [4.78, 5) is 14.2. The van der Waals surface area contributed by atoms with E-state index in [9.17, 15) is 9.00 Å². The number of amides is 1. The number of nitrogens with zero attached hydrogens (tertiary/aromatic N) is 1. The van der Waals surface area contributed by atoms with Crippen LogP contribution >= 0.6 is 11.6 Å². The first-order chi connectivity index (χ1) is 12.6. The molecule has 26 heavy (non-hydrogen) atoms. The highest BCUT2D eigenvalue weighted by Gasteiger charge is 2.20. The number of rotatable bonds is 7. The second kappa shape index (κ2) is 8.56. The molecule has 0 N–H and O–H groups in total. The van der Waals surface area contributed by atoms with Gasteiger partial charge in [0.15, 0.2) is 11.5 Å². The van der Waals surface area contributed by atoms with Crippen LogP contribution < -0.4 is 9.47 Å². The van der Waals surface area contributed by atoms with Crippen molar-refractivity contribution in [2.75, 3.05) is 19.1 Å². The van der Waals surface area contributed by atoms with Crippen molar-refractivity contribution in [3.8, 4) is 11.5 Å². The predicted molar refractivity (Wildman–Crippen MR) is 102 cm³/mol. The van der Waals surface area contributed by atoms with Crippen LogP contribution in [0.4, 0.5) is 0 Å². The van der Waals surface area contributed by atoms with Crippen molar-refractivity contribution in [2.24, 2.45) is 0 Å². The molecule has 1 atom stereocenters. The lowest BCUT2D eigenvalue weighted by molar-refractivity contribution is -0.128. The number of carbonyl (C=O) groups excluding carboxylic acids is 1. The third kappa shape index (κ3) is 4.56. The van der Waals surface area contributed by atoms with Gasteiger partial charge in [0.25, 0.3) is 0 Å². The van der Waals surface area contributed by atoms with E-state index < -0.39 is 10.8 Å². The van der Waals surface area contributed by atoms with Gasteiger partial charge in [-0.3, -0.25) is 9.00 Å². The lowest BCUT2D eigenvalue weighted by Crippen LogP contribution is -2.34. The quantitative estimate of drug-likeness (QED) is 0.723.